The summed E-state index contributed by atoms with van der Waals surface area (Å²) in [7, 11) is 1.82. The summed E-state index contributed by atoms with van der Waals surface area (Å²) in [4.78, 5) is 13.2. The minimum atomic E-state index is 0.0740. The zero-order valence-corrected chi connectivity index (χ0v) is 9.59. The monoisotopic (exact) mass is 183 g/mol. The molecule has 0 aromatic heterocycles. The Bertz CT molecular complexity index is 199. The van der Waals surface area contributed by atoms with E-state index in [4.69, 9.17) is 0 Å². The van der Waals surface area contributed by atoms with Crippen molar-refractivity contribution in [3.8, 4) is 0 Å². The lowest BCUT2D eigenvalue weighted by Gasteiger charge is -2.20. The number of allylic oxidation sites excluding steroid dienone is 1. The van der Waals surface area contributed by atoms with Gasteiger partial charge in [-0.2, -0.15) is 0 Å². The molecule has 0 aromatic rings. The van der Waals surface area contributed by atoms with Crippen molar-refractivity contribution in [3.63, 3.8) is 0 Å². The number of likely N-dealkylation sites (N-methyl/N-ethyl adjacent to an activating group) is 1. The predicted octanol–water partition coefficient (Wildman–Crippen LogP) is 2.46. The molecule has 1 amide bonds. The molecular formula is C11H21NO. The maximum atomic E-state index is 11.5. The van der Waals surface area contributed by atoms with E-state index < -0.39 is 0 Å². The van der Waals surface area contributed by atoms with Gasteiger partial charge in [-0.15, -0.1) is 0 Å². The zero-order valence-electron chi connectivity index (χ0n) is 9.59. The van der Waals surface area contributed by atoms with Gasteiger partial charge >= 0.3 is 0 Å². The van der Waals surface area contributed by atoms with Crippen LogP contribution in [0.1, 0.15) is 34.6 Å². The van der Waals surface area contributed by atoms with Gasteiger partial charge in [0.2, 0.25) is 5.91 Å². The van der Waals surface area contributed by atoms with E-state index >= 15 is 0 Å². The lowest BCUT2D eigenvalue weighted by molar-refractivity contribution is -0.126. The van der Waals surface area contributed by atoms with Gasteiger partial charge in [0.25, 0.3) is 0 Å². The standard InChI is InChI=1S/C11H21NO/c1-9(2)12(6)10(13)7-8-11(3,4)5/h7-9H,1-6H3/b8-7+. The Hall–Kier alpha value is -0.790. The third-order valence-corrected chi connectivity index (χ3v) is 1.85. The van der Waals surface area contributed by atoms with E-state index in [1.165, 1.54) is 0 Å². The number of hydrogen-bond donors (Lipinski definition) is 0. The maximum absolute atomic E-state index is 11.5. The Kier molecular flexibility index (Phi) is 4.18. The number of hydrogen-bond acceptors (Lipinski definition) is 1. The summed E-state index contributed by atoms with van der Waals surface area (Å²) in [5.74, 6) is 0.0740. The minimum Gasteiger partial charge on any atom is -0.340 e. The number of carbonyl (C=O) groups excluding carboxylic acids is 1. The molecule has 0 atom stereocenters. The molecule has 2 heteroatoms. The lowest BCUT2D eigenvalue weighted by atomic mass is 9.96. The third kappa shape index (κ3) is 5.45. The molecule has 0 rings (SSSR count). The fourth-order valence-corrected chi connectivity index (χ4v) is 0.693. The molecule has 0 aliphatic heterocycles. The number of amides is 1. The quantitative estimate of drug-likeness (QED) is 0.602. The first kappa shape index (κ1) is 12.2. The Balaban J connectivity index is 4.24. The van der Waals surface area contributed by atoms with Crippen LogP contribution in [0.15, 0.2) is 12.2 Å². The second-order valence-corrected chi connectivity index (χ2v) is 4.74. The average Bonchev–Trinajstić information content (AvgIpc) is 1.97. The van der Waals surface area contributed by atoms with Crippen LogP contribution in [0.2, 0.25) is 0 Å². The SMILES string of the molecule is CC(C)N(C)C(=O)/C=C/C(C)(C)C. The molecule has 0 spiro atoms. The fourth-order valence-electron chi connectivity index (χ4n) is 0.693. The number of rotatable bonds is 2. The Labute approximate surface area is 81.6 Å². The highest BCUT2D eigenvalue weighted by Crippen LogP contribution is 2.14. The van der Waals surface area contributed by atoms with Crippen molar-refractivity contribution in [3.05, 3.63) is 12.2 Å². The molecular weight excluding hydrogens is 162 g/mol. The lowest BCUT2D eigenvalue weighted by Crippen LogP contribution is -2.31. The van der Waals surface area contributed by atoms with Crippen molar-refractivity contribution in [1.29, 1.82) is 0 Å². The van der Waals surface area contributed by atoms with Crippen molar-refractivity contribution in [2.75, 3.05) is 7.05 Å². The van der Waals surface area contributed by atoms with E-state index in [1.807, 2.05) is 27.0 Å². The Morgan fingerprint density at radius 1 is 1.31 bits per heavy atom. The Morgan fingerprint density at radius 2 is 1.77 bits per heavy atom. The van der Waals surface area contributed by atoms with Crippen molar-refractivity contribution >= 4 is 5.91 Å². The summed E-state index contributed by atoms with van der Waals surface area (Å²) in [5, 5.41) is 0. The molecule has 0 aliphatic carbocycles. The normalized spacial score (nSPS) is 12.5. The van der Waals surface area contributed by atoms with Crippen LogP contribution in [0.5, 0.6) is 0 Å². The van der Waals surface area contributed by atoms with E-state index in [1.54, 1.807) is 11.0 Å². The molecule has 76 valence electrons. The molecule has 0 aliphatic rings. The molecule has 0 unspecified atom stereocenters. The highest BCUT2D eigenvalue weighted by molar-refractivity contribution is 5.87. The first-order valence-corrected chi connectivity index (χ1v) is 4.70. The van der Waals surface area contributed by atoms with Gasteiger partial charge in [-0.3, -0.25) is 4.79 Å². The molecule has 13 heavy (non-hydrogen) atoms. The van der Waals surface area contributed by atoms with E-state index in [2.05, 4.69) is 20.8 Å². The molecule has 2 nitrogen and oxygen atoms in total. The van der Waals surface area contributed by atoms with Crippen molar-refractivity contribution in [1.82, 2.24) is 4.90 Å². The topological polar surface area (TPSA) is 20.3 Å². The average molecular weight is 183 g/mol. The predicted molar refractivity (Wildman–Crippen MR) is 56.5 cm³/mol. The van der Waals surface area contributed by atoms with Gasteiger partial charge in [-0.25, -0.2) is 0 Å². The highest BCUT2D eigenvalue weighted by Gasteiger charge is 2.10. The van der Waals surface area contributed by atoms with E-state index in [0.29, 0.717) is 0 Å². The number of carbonyl (C=O) groups is 1. The summed E-state index contributed by atoms with van der Waals surface area (Å²) < 4.78 is 0. The molecule has 0 aromatic carbocycles. The maximum Gasteiger partial charge on any atom is 0.246 e. The molecule has 0 fully saturated rings. The second-order valence-electron chi connectivity index (χ2n) is 4.74. The van der Waals surface area contributed by atoms with Crippen molar-refractivity contribution in [2.45, 2.75) is 40.7 Å². The van der Waals surface area contributed by atoms with Gasteiger partial charge in [-0.05, 0) is 25.3 Å². The molecule has 0 saturated heterocycles. The third-order valence-electron chi connectivity index (χ3n) is 1.85. The van der Waals surface area contributed by atoms with Gasteiger partial charge in [0.15, 0.2) is 0 Å². The minimum absolute atomic E-state index is 0.0740. The molecule has 0 bridgehead atoms. The van der Waals surface area contributed by atoms with Gasteiger partial charge < -0.3 is 4.90 Å². The molecule has 0 radical (unpaired) electrons. The molecule has 0 N–H and O–H groups in total. The van der Waals surface area contributed by atoms with Crippen LogP contribution in [0.3, 0.4) is 0 Å². The van der Waals surface area contributed by atoms with Crippen molar-refractivity contribution in [2.24, 2.45) is 5.41 Å². The van der Waals surface area contributed by atoms with Gasteiger partial charge in [0.05, 0.1) is 0 Å². The first-order valence-electron chi connectivity index (χ1n) is 4.70. The van der Waals surface area contributed by atoms with E-state index in [-0.39, 0.29) is 17.4 Å². The molecule has 0 heterocycles. The van der Waals surface area contributed by atoms with E-state index in [9.17, 15) is 4.79 Å². The largest absolute Gasteiger partial charge is 0.340 e. The van der Waals surface area contributed by atoms with Crippen LogP contribution < -0.4 is 0 Å². The van der Waals surface area contributed by atoms with Crippen LogP contribution in [0, 0.1) is 5.41 Å². The van der Waals surface area contributed by atoms with Crippen molar-refractivity contribution < 1.29 is 4.79 Å². The van der Waals surface area contributed by atoms with Gasteiger partial charge in [0.1, 0.15) is 0 Å². The highest BCUT2D eigenvalue weighted by atomic mass is 16.2. The first-order chi connectivity index (χ1) is 5.74. The summed E-state index contributed by atoms with van der Waals surface area (Å²) in [6.07, 6.45) is 3.59. The second kappa shape index (κ2) is 4.45. The van der Waals surface area contributed by atoms with Gasteiger partial charge in [-0.1, -0.05) is 26.8 Å². The van der Waals surface area contributed by atoms with Crippen LogP contribution in [-0.4, -0.2) is 23.9 Å². The fraction of sp³-hybridized carbons (Fsp3) is 0.727. The smallest absolute Gasteiger partial charge is 0.246 e. The zero-order chi connectivity index (χ0) is 10.6. The van der Waals surface area contributed by atoms with Crippen LogP contribution in [0.25, 0.3) is 0 Å². The van der Waals surface area contributed by atoms with Crippen LogP contribution >= 0.6 is 0 Å². The summed E-state index contributed by atoms with van der Waals surface area (Å²) in [6.45, 7) is 10.2. The Morgan fingerprint density at radius 3 is 2.08 bits per heavy atom. The summed E-state index contributed by atoms with van der Waals surface area (Å²) >= 11 is 0. The molecule has 0 saturated carbocycles. The summed E-state index contributed by atoms with van der Waals surface area (Å²) in [6, 6.07) is 0.261. The van der Waals surface area contributed by atoms with Gasteiger partial charge in [0, 0.05) is 13.1 Å². The van der Waals surface area contributed by atoms with E-state index in [0.717, 1.165) is 0 Å². The van der Waals surface area contributed by atoms with Crippen LogP contribution in [0.4, 0.5) is 0 Å². The summed E-state index contributed by atoms with van der Waals surface area (Å²) in [5.41, 5.74) is 0.0769. The number of nitrogens with zero attached hydrogens (tertiary/aromatic N) is 1. The van der Waals surface area contributed by atoms with Crippen LogP contribution in [-0.2, 0) is 4.79 Å².